The Morgan fingerprint density at radius 3 is 2.83 bits per heavy atom. The van der Waals surface area contributed by atoms with Gasteiger partial charge < -0.3 is 14.5 Å². The van der Waals surface area contributed by atoms with E-state index >= 15 is 0 Å². The molecular weight excluding hydrogens is 295 g/mol. The van der Waals surface area contributed by atoms with E-state index in [1.807, 2.05) is 25.1 Å². The van der Waals surface area contributed by atoms with Crippen molar-refractivity contribution in [2.75, 3.05) is 12.4 Å². The van der Waals surface area contributed by atoms with Gasteiger partial charge in [-0.05, 0) is 36.8 Å². The molecule has 3 aromatic rings. The molecule has 3 rings (SSSR count). The fraction of sp³-hybridized carbons (Fsp3) is 0.167. The number of hydrogen-bond donors (Lipinski definition) is 1. The third-order valence-electron chi connectivity index (χ3n) is 3.48. The van der Waals surface area contributed by atoms with E-state index in [0.29, 0.717) is 23.8 Å². The van der Waals surface area contributed by atoms with Crippen molar-refractivity contribution in [1.29, 1.82) is 0 Å². The SMILES string of the molecule is COc1ccc(C)cc1NCc1ncc(-c2ccccc2F)o1. The van der Waals surface area contributed by atoms with E-state index in [1.54, 1.807) is 25.3 Å². The van der Waals surface area contributed by atoms with E-state index in [2.05, 4.69) is 10.3 Å². The molecule has 5 heteroatoms. The first-order valence-electron chi connectivity index (χ1n) is 7.25. The zero-order valence-electron chi connectivity index (χ0n) is 13.0. The lowest BCUT2D eigenvalue weighted by molar-refractivity contribution is 0.416. The summed E-state index contributed by atoms with van der Waals surface area (Å²) >= 11 is 0. The van der Waals surface area contributed by atoms with E-state index in [1.165, 1.54) is 12.3 Å². The van der Waals surface area contributed by atoms with Gasteiger partial charge in [0.1, 0.15) is 11.6 Å². The molecule has 0 aliphatic heterocycles. The summed E-state index contributed by atoms with van der Waals surface area (Å²) in [5, 5.41) is 3.23. The minimum Gasteiger partial charge on any atom is -0.495 e. The summed E-state index contributed by atoms with van der Waals surface area (Å²) in [5.41, 5.74) is 2.38. The molecule has 0 bridgehead atoms. The van der Waals surface area contributed by atoms with Crippen molar-refractivity contribution >= 4 is 5.69 Å². The van der Waals surface area contributed by atoms with Crippen LogP contribution in [-0.4, -0.2) is 12.1 Å². The van der Waals surface area contributed by atoms with Gasteiger partial charge in [0, 0.05) is 0 Å². The van der Waals surface area contributed by atoms with E-state index < -0.39 is 0 Å². The molecule has 0 aliphatic carbocycles. The molecule has 0 saturated heterocycles. The van der Waals surface area contributed by atoms with Crippen LogP contribution in [0.25, 0.3) is 11.3 Å². The number of hydrogen-bond acceptors (Lipinski definition) is 4. The standard InChI is InChI=1S/C18H17FN2O2/c1-12-7-8-16(22-2)15(9-12)20-11-18-21-10-17(23-18)13-5-3-4-6-14(13)19/h3-10,20H,11H2,1-2H3. The van der Waals surface area contributed by atoms with Crippen LogP contribution in [0.2, 0.25) is 0 Å². The molecule has 0 spiro atoms. The first kappa shape index (κ1) is 15.1. The summed E-state index contributed by atoms with van der Waals surface area (Å²) in [7, 11) is 1.62. The number of halogens is 1. The highest BCUT2D eigenvalue weighted by molar-refractivity contribution is 5.59. The molecule has 1 heterocycles. The number of ether oxygens (including phenoxy) is 1. The maximum atomic E-state index is 13.8. The number of nitrogens with one attached hydrogen (secondary N) is 1. The number of anilines is 1. The monoisotopic (exact) mass is 312 g/mol. The zero-order valence-corrected chi connectivity index (χ0v) is 13.0. The highest BCUT2D eigenvalue weighted by atomic mass is 19.1. The quantitative estimate of drug-likeness (QED) is 0.758. The molecule has 2 aromatic carbocycles. The Morgan fingerprint density at radius 2 is 2.04 bits per heavy atom. The van der Waals surface area contributed by atoms with E-state index in [9.17, 15) is 4.39 Å². The Hall–Kier alpha value is -2.82. The molecule has 4 nitrogen and oxygen atoms in total. The van der Waals surface area contributed by atoms with Crippen LogP contribution in [0.4, 0.5) is 10.1 Å². The second-order valence-electron chi connectivity index (χ2n) is 5.16. The van der Waals surface area contributed by atoms with Gasteiger partial charge in [-0.2, -0.15) is 0 Å². The van der Waals surface area contributed by atoms with Gasteiger partial charge >= 0.3 is 0 Å². The number of benzene rings is 2. The summed E-state index contributed by atoms with van der Waals surface area (Å²) in [6.45, 7) is 2.39. The van der Waals surface area contributed by atoms with Crippen molar-refractivity contribution in [3.63, 3.8) is 0 Å². The third-order valence-corrected chi connectivity index (χ3v) is 3.48. The maximum absolute atomic E-state index is 13.8. The number of aromatic nitrogens is 1. The normalized spacial score (nSPS) is 10.6. The summed E-state index contributed by atoms with van der Waals surface area (Å²) < 4.78 is 24.7. The van der Waals surface area contributed by atoms with Crippen molar-refractivity contribution in [3.8, 4) is 17.1 Å². The van der Waals surface area contributed by atoms with Crippen molar-refractivity contribution in [2.24, 2.45) is 0 Å². The fourth-order valence-electron chi connectivity index (χ4n) is 2.31. The van der Waals surface area contributed by atoms with Gasteiger partial charge in [-0.3, -0.25) is 0 Å². The van der Waals surface area contributed by atoms with Gasteiger partial charge in [0.2, 0.25) is 5.89 Å². The average Bonchev–Trinajstić information content (AvgIpc) is 3.02. The molecule has 0 radical (unpaired) electrons. The largest absolute Gasteiger partial charge is 0.495 e. The van der Waals surface area contributed by atoms with Crippen LogP contribution in [0, 0.1) is 12.7 Å². The minimum atomic E-state index is -0.330. The molecule has 0 fully saturated rings. The molecule has 0 unspecified atom stereocenters. The molecule has 1 aromatic heterocycles. The molecule has 118 valence electrons. The van der Waals surface area contributed by atoms with E-state index in [4.69, 9.17) is 9.15 Å². The van der Waals surface area contributed by atoms with Crippen LogP contribution in [0.15, 0.2) is 53.1 Å². The Balaban J connectivity index is 1.76. The van der Waals surface area contributed by atoms with Crippen LogP contribution in [0.5, 0.6) is 5.75 Å². The lowest BCUT2D eigenvalue weighted by Crippen LogP contribution is -2.01. The topological polar surface area (TPSA) is 47.3 Å². The highest BCUT2D eigenvalue weighted by Crippen LogP contribution is 2.27. The summed E-state index contributed by atoms with van der Waals surface area (Å²) in [5.74, 6) is 1.31. The number of nitrogens with zero attached hydrogens (tertiary/aromatic N) is 1. The van der Waals surface area contributed by atoms with Crippen LogP contribution in [0.3, 0.4) is 0 Å². The van der Waals surface area contributed by atoms with Gasteiger partial charge in [-0.25, -0.2) is 9.37 Å². The van der Waals surface area contributed by atoms with Crippen molar-refractivity contribution < 1.29 is 13.5 Å². The number of oxazole rings is 1. The van der Waals surface area contributed by atoms with Gasteiger partial charge in [0.25, 0.3) is 0 Å². The molecule has 23 heavy (non-hydrogen) atoms. The Labute approximate surface area is 133 Å². The smallest absolute Gasteiger partial charge is 0.214 e. The van der Waals surface area contributed by atoms with Crippen molar-refractivity contribution in [3.05, 3.63) is 65.9 Å². The summed E-state index contributed by atoms with van der Waals surface area (Å²) in [4.78, 5) is 4.19. The number of rotatable bonds is 5. The van der Waals surface area contributed by atoms with Gasteiger partial charge in [0.15, 0.2) is 5.76 Å². The Morgan fingerprint density at radius 1 is 1.22 bits per heavy atom. The first-order valence-corrected chi connectivity index (χ1v) is 7.25. The predicted molar refractivity (Wildman–Crippen MR) is 87.0 cm³/mol. The molecule has 0 aliphatic rings. The van der Waals surface area contributed by atoms with E-state index in [-0.39, 0.29) is 5.82 Å². The molecular formula is C18H17FN2O2. The van der Waals surface area contributed by atoms with Crippen LogP contribution in [0.1, 0.15) is 11.5 Å². The average molecular weight is 312 g/mol. The van der Waals surface area contributed by atoms with Crippen LogP contribution < -0.4 is 10.1 Å². The van der Waals surface area contributed by atoms with E-state index in [0.717, 1.165) is 17.0 Å². The fourth-order valence-corrected chi connectivity index (χ4v) is 2.31. The van der Waals surface area contributed by atoms with Gasteiger partial charge in [-0.1, -0.05) is 18.2 Å². The molecule has 0 atom stereocenters. The van der Waals surface area contributed by atoms with Gasteiger partial charge in [0.05, 0.1) is 31.1 Å². The number of aryl methyl sites for hydroxylation is 1. The first-order chi connectivity index (χ1) is 11.2. The van der Waals surface area contributed by atoms with Crippen LogP contribution in [-0.2, 0) is 6.54 Å². The molecule has 1 N–H and O–H groups in total. The Bertz CT molecular complexity index is 814. The predicted octanol–water partition coefficient (Wildman–Crippen LogP) is 4.41. The second kappa shape index (κ2) is 6.52. The minimum absolute atomic E-state index is 0.330. The zero-order chi connectivity index (χ0) is 16.2. The highest BCUT2D eigenvalue weighted by Gasteiger charge is 2.11. The van der Waals surface area contributed by atoms with Crippen molar-refractivity contribution in [1.82, 2.24) is 4.98 Å². The third kappa shape index (κ3) is 3.34. The van der Waals surface area contributed by atoms with Gasteiger partial charge in [-0.15, -0.1) is 0 Å². The van der Waals surface area contributed by atoms with Crippen LogP contribution >= 0.6 is 0 Å². The molecule has 0 amide bonds. The second-order valence-corrected chi connectivity index (χ2v) is 5.16. The molecule has 0 saturated carbocycles. The Kier molecular flexibility index (Phi) is 4.28. The summed E-state index contributed by atoms with van der Waals surface area (Å²) in [6.07, 6.45) is 1.53. The van der Waals surface area contributed by atoms with Crippen molar-refractivity contribution in [2.45, 2.75) is 13.5 Å². The lowest BCUT2D eigenvalue weighted by atomic mass is 10.2. The summed E-state index contributed by atoms with van der Waals surface area (Å²) in [6, 6.07) is 12.3. The number of methoxy groups -OCH3 is 1. The lowest BCUT2D eigenvalue weighted by Gasteiger charge is -2.10. The maximum Gasteiger partial charge on any atom is 0.214 e.